The molecule has 0 unspecified atom stereocenters. The molecule has 1 fully saturated rings. The zero-order valence-electron chi connectivity index (χ0n) is 12.4. The van der Waals surface area contributed by atoms with Crippen LogP contribution in [0.5, 0.6) is 0 Å². The first-order valence-corrected chi connectivity index (χ1v) is 7.49. The van der Waals surface area contributed by atoms with E-state index in [9.17, 15) is 14.0 Å². The third-order valence-corrected chi connectivity index (χ3v) is 3.77. The zero-order chi connectivity index (χ0) is 16.2. The van der Waals surface area contributed by atoms with Crippen LogP contribution in [0, 0.1) is 5.82 Å². The van der Waals surface area contributed by atoms with E-state index in [1.807, 2.05) is 0 Å². The van der Waals surface area contributed by atoms with Crippen molar-refractivity contribution in [1.29, 1.82) is 0 Å². The summed E-state index contributed by atoms with van der Waals surface area (Å²) in [4.78, 5) is 24.0. The van der Waals surface area contributed by atoms with E-state index < -0.39 is 12.1 Å². The van der Waals surface area contributed by atoms with E-state index >= 15 is 0 Å². The molecule has 0 amide bonds. The van der Waals surface area contributed by atoms with Crippen molar-refractivity contribution in [1.82, 2.24) is 0 Å². The van der Waals surface area contributed by atoms with Gasteiger partial charge >= 0.3 is 5.97 Å². The monoisotopic (exact) mass is 313 g/mol. The van der Waals surface area contributed by atoms with Crippen LogP contribution in [0.25, 0.3) is 0 Å². The number of anilines is 2. The number of ether oxygens (including phenoxy) is 1. The normalized spacial score (nSPS) is 17.1. The van der Waals surface area contributed by atoms with E-state index in [1.54, 1.807) is 36.4 Å². The van der Waals surface area contributed by atoms with Crippen molar-refractivity contribution < 1.29 is 18.7 Å². The molecule has 0 aromatic heterocycles. The quantitative estimate of drug-likeness (QED) is 0.871. The standard InChI is InChI=1S/C18H16FNO3/c19-12-8-10-13(11-9-12)20-15-5-2-1-4-14(15)18(22)23-17-7-3-6-16(17)21/h1-2,4-5,8-11,17,20H,3,6-7H2/t17-/m0/s1. The number of halogens is 1. The van der Waals surface area contributed by atoms with Gasteiger partial charge in [-0.3, -0.25) is 4.79 Å². The maximum Gasteiger partial charge on any atom is 0.340 e. The van der Waals surface area contributed by atoms with Gasteiger partial charge in [0.25, 0.3) is 0 Å². The second-order valence-electron chi connectivity index (χ2n) is 5.43. The highest BCUT2D eigenvalue weighted by Gasteiger charge is 2.28. The summed E-state index contributed by atoms with van der Waals surface area (Å²) >= 11 is 0. The number of hydrogen-bond acceptors (Lipinski definition) is 4. The number of Topliss-reactive ketones (excluding diaryl/α,β-unsaturated/α-hetero) is 1. The fraction of sp³-hybridized carbons (Fsp3) is 0.222. The smallest absolute Gasteiger partial charge is 0.340 e. The lowest BCUT2D eigenvalue weighted by Gasteiger charge is -2.14. The number of carbonyl (C=O) groups is 2. The Hall–Kier alpha value is -2.69. The molecule has 2 aromatic rings. The van der Waals surface area contributed by atoms with Gasteiger partial charge in [-0.2, -0.15) is 0 Å². The van der Waals surface area contributed by atoms with Gasteiger partial charge in [0.05, 0.1) is 11.3 Å². The topological polar surface area (TPSA) is 55.4 Å². The van der Waals surface area contributed by atoms with Crippen LogP contribution >= 0.6 is 0 Å². The van der Waals surface area contributed by atoms with Crippen molar-refractivity contribution in [2.24, 2.45) is 0 Å². The van der Waals surface area contributed by atoms with Gasteiger partial charge in [0, 0.05) is 12.1 Å². The molecule has 1 atom stereocenters. The summed E-state index contributed by atoms with van der Waals surface area (Å²) in [5, 5.41) is 3.06. The summed E-state index contributed by atoms with van der Waals surface area (Å²) in [5.74, 6) is -0.888. The fourth-order valence-corrected chi connectivity index (χ4v) is 2.56. The van der Waals surface area contributed by atoms with Gasteiger partial charge in [0.15, 0.2) is 11.9 Å². The van der Waals surface area contributed by atoms with E-state index in [0.29, 0.717) is 29.8 Å². The van der Waals surface area contributed by atoms with Gasteiger partial charge in [0.2, 0.25) is 0 Å². The molecule has 4 nitrogen and oxygen atoms in total. The molecule has 1 saturated carbocycles. The Balaban J connectivity index is 1.78. The number of carbonyl (C=O) groups excluding carboxylic acids is 2. The van der Waals surface area contributed by atoms with E-state index in [2.05, 4.69) is 5.32 Å². The van der Waals surface area contributed by atoms with Gasteiger partial charge < -0.3 is 10.1 Å². The molecule has 23 heavy (non-hydrogen) atoms. The molecule has 0 spiro atoms. The third kappa shape index (κ3) is 3.56. The summed E-state index contributed by atoms with van der Waals surface area (Å²) in [7, 11) is 0. The SMILES string of the molecule is O=C(O[C@H]1CCCC1=O)c1ccccc1Nc1ccc(F)cc1. The maximum atomic E-state index is 13.0. The summed E-state index contributed by atoms with van der Waals surface area (Å²) < 4.78 is 18.3. The van der Waals surface area contributed by atoms with E-state index in [4.69, 9.17) is 4.74 Å². The van der Waals surface area contributed by atoms with Crippen LogP contribution in [0.2, 0.25) is 0 Å². The number of para-hydroxylation sites is 1. The third-order valence-electron chi connectivity index (χ3n) is 3.77. The van der Waals surface area contributed by atoms with E-state index in [1.165, 1.54) is 12.1 Å². The summed E-state index contributed by atoms with van der Waals surface area (Å²) in [6.45, 7) is 0. The van der Waals surface area contributed by atoms with Crippen LogP contribution in [-0.2, 0) is 9.53 Å². The van der Waals surface area contributed by atoms with Crippen LogP contribution < -0.4 is 5.32 Å². The van der Waals surface area contributed by atoms with Gasteiger partial charge in [-0.15, -0.1) is 0 Å². The maximum absolute atomic E-state index is 13.0. The summed E-state index contributed by atoms with van der Waals surface area (Å²) in [5.41, 5.74) is 1.55. The van der Waals surface area contributed by atoms with Crippen molar-refractivity contribution in [3.8, 4) is 0 Å². The summed E-state index contributed by atoms with van der Waals surface area (Å²) in [6, 6.07) is 12.7. The lowest BCUT2D eigenvalue weighted by molar-refractivity contribution is -0.124. The Morgan fingerprint density at radius 3 is 2.57 bits per heavy atom. The highest BCUT2D eigenvalue weighted by Crippen LogP contribution is 2.24. The Bertz CT molecular complexity index is 727. The highest BCUT2D eigenvalue weighted by atomic mass is 19.1. The Kier molecular flexibility index (Phi) is 4.37. The number of esters is 1. The molecular weight excluding hydrogens is 297 g/mol. The number of benzene rings is 2. The largest absolute Gasteiger partial charge is 0.451 e. The second kappa shape index (κ2) is 6.60. The number of nitrogens with one attached hydrogen (secondary N) is 1. The molecule has 0 bridgehead atoms. The fourth-order valence-electron chi connectivity index (χ4n) is 2.56. The average Bonchev–Trinajstić information content (AvgIpc) is 2.95. The second-order valence-corrected chi connectivity index (χ2v) is 5.43. The Labute approximate surface area is 133 Å². The van der Waals surface area contributed by atoms with Crippen LogP contribution in [0.3, 0.4) is 0 Å². The molecule has 0 radical (unpaired) electrons. The van der Waals surface area contributed by atoms with E-state index in [-0.39, 0.29) is 11.6 Å². The van der Waals surface area contributed by atoms with Crippen LogP contribution in [-0.4, -0.2) is 17.9 Å². The van der Waals surface area contributed by atoms with Crippen molar-refractivity contribution in [3.05, 3.63) is 59.9 Å². The first-order valence-electron chi connectivity index (χ1n) is 7.49. The molecule has 0 aliphatic heterocycles. The van der Waals surface area contributed by atoms with Crippen LogP contribution in [0.4, 0.5) is 15.8 Å². The predicted molar refractivity (Wildman–Crippen MR) is 84.2 cm³/mol. The molecule has 2 aromatic carbocycles. The molecule has 118 valence electrons. The average molecular weight is 313 g/mol. The lowest BCUT2D eigenvalue weighted by atomic mass is 10.1. The van der Waals surface area contributed by atoms with Crippen molar-refractivity contribution in [2.45, 2.75) is 25.4 Å². The van der Waals surface area contributed by atoms with Crippen molar-refractivity contribution in [2.75, 3.05) is 5.32 Å². The molecule has 0 saturated heterocycles. The van der Waals surface area contributed by atoms with Crippen LogP contribution in [0.1, 0.15) is 29.6 Å². The summed E-state index contributed by atoms with van der Waals surface area (Å²) in [6.07, 6.45) is 1.17. The Morgan fingerprint density at radius 2 is 1.87 bits per heavy atom. The van der Waals surface area contributed by atoms with Crippen molar-refractivity contribution >= 4 is 23.1 Å². The molecule has 3 rings (SSSR count). The molecule has 5 heteroatoms. The minimum atomic E-state index is -0.638. The minimum Gasteiger partial charge on any atom is -0.451 e. The lowest BCUT2D eigenvalue weighted by Crippen LogP contribution is -2.22. The van der Waals surface area contributed by atoms with Gasteiger partial charge in [-0.05, 0) is 49.2 Å². The molecule has 0 heterocycles. The highest BCUT2D eigenvalue weighted by molar-refractivity contribution is 5.98. The predicted octanol–water partition coefficient (Wildman–Crippen LogP) is 3.85. The minimum absolute atomic E-state index is 0.0256. The molecule has 1 aliphatic carbocycles. The first kappa shape index (κ1) is 15.2. The Morgan fingerprint density at radius 1 is 1.13 bits per heavy atom. The molecule has 1 aliphatic rings. The molecule has 1 N–H and O–H groups in total. The van der Waals surface area contributed by atoms with Crippen LogP contribution in [0.15, 0.2) is 48.5 Å². The first-order chi connectivity index (χ1) is 11.1. The van der Waals surface area contributed by atoms with Crippen molar-refractivity contribution in [3.63, 3.8) is 0 Å². The van der Waals surface area contributed by atoms with Gasteiger partial charge in [-0.1, -0.05) is 12.1 Å². The van der Waals surface area contributed by atoms with E-state index in [0.717, 1.165) is 6.42 Å². The molecular formula is C18H16FNO3. The number of ketones is 1. The number of hydrogen-bond donors (Lipinski definition) is 1. The van der Waals surface area contributed by atoms with Gasteiger partial charge in [0.1, 0.15) is 5.82 Å². The van der Waals surface area contributed by atoms with Gasteiger partial charge in [-0.25, -0.2) is 9.18 Å². The zero-order valence-corrected chi connectivity index (χ0v) is 12.4. The number of rotatable bonds is 4.